The Morgan fingerprint density at radius 1 is 0.383 bits per heavy atom. The summed E-state index contributed by atoms with van der Waals surface area (Å²) >= 11 is 0. The Balaban J connectivity index is 0.00000450. The Bertz CT molecular complexity index is 2060. The quantitative estimate of drug-likeness (QED) is 0.0498. The first-order chi connectivity index (χ1) is 26.8. The van der Waals surface area contributed by atoms with Crippen molar-refractivity contribution in [2.45, 2.75) is 65.7 Å². The van der Waals surface area contributed by atoms with Crippen molar-refractivity contribution in [1.29, 1.82) is 0 Å². The van der Waals surface area contributed by atoms with Crippen LogP contribution in [-0.2, 0) is 25.7 Å². The van der Waals surface area contributed by atoms with Crippen LogP contribution >= 0.6 is 49.6 Å². The molecule has 8 bridgehead atoms. The second kappa shape index (κ2) is 24.6. The van der Waals surface area contributed by atoms with E-state index in [0.29, 0.717) is 85.5 Å². The monoisotopic (exact) mass is 906 g/mol. The van der Waals surface area contributed by atoms with E-state index in [1.165, 1.54) is 0 Å². The fourth-order valence-corrected chi connectivity index (χ4v) is 6.82. The Labute approximate surface area is 376 Å². The highest BCUT2D eigenvalue weighted by atomic mass is 35.5. The molecule has 4 aromatic carbocycles. The maximum atomic E-state index is 6.62. The van der Waals surface area contributed by atoms with Gasteiger partial charge in [-0.1, -0.05) is 26.8 Å². The molecule has 0 radical (unpaired) electrons. The number of benzene rings is 4. The summed E-state index contributed by atoms with van der Waals surface area (Å²) in [5, 5.41) is 0. The van der Waals surface area contributed by atoms with Gasteiger partial charge >= 0.3 is 0 Å². The molecule has 0 unspecified atom stereocenters. The minimum Gasteiger partial charge on any atom is -0.493 e. The van der Waals surface area contributed by atoms with E-state index >= 15 is 0 Å². The number of nitrogens with two attached hydrogens (primary N) is 8. The zero-order chi connectivity index (χ0) is 40.4. The zero-order valence-electron chi connectivity index (χ0n) is 34.0. The van der Waals surface area contributed by atoms with Gasteiger partial charge in [-0.25, -0.2) is 20.0 Å². The molecule has 0 saturated carbocycles. The van der Waals surface area contributed by atoms with Crippen molar-refractivity contribution in [2.75, 3.05) is 19.8 Å². The van der Waals surface area contributed by atoms with Gasteiger partial charge < -0.3 is 60.1 Å². The van der Waals surface area contributed by atoms with Crippen molar-refractivity contribution in [1.82, 2.24) is 0 Å². The molecule has 0 heterocycles. The number of nitrogens with zero attached hydrogens (tertiary/aromatic N) is 4. The second-order valence-corrected chi connectivity index (χ2v) is 13.7. The third-order valence-corrected chi connectivity index (χ3v) is 8.66. The average Bonchev–Trinajstić information content (AvgIpc) is 3.09. The molecule has 4 aromatic rings. The molecule has 5 rings (SSSR count). The van der Waals surface area contributed by atoms with Crippen molar-refractivity contribution >= 4 is 96.2 Å². The van der Waals surface area contributed by atoms with Crippen LogP contribution in [-0.4, -0.2) is 43.7 Å². The topological polar surface area (TPSA) is 285 Å². The largest absolute Gasteiger partial charge is 0.493 e. The van der Waals surface area contributed by atoms with Gasteiger partial charge in [-0.3, -0.25) is 0 Å². The van der Waals surface area contributed by atoms with Crippen LogP contribution in [0.4, 0.5) is 22.7 Å². The van der Waals surface area contributed by atoms with E-state index in [2.05, 4.69) is 46.8 Å². The molecular weight excluding hydrogens is 850 g/mol. The van der Waals surface area contributed by atoms with E-state index in [0.717, 1.165) is 63.8 Å². The van der Waals surface area contributed by atoms with Crippen molar-refractivity contribution in [2.24, 2.45) is 65.8 Å². The van der Waals surface area contributed by atoms with Gasteiger partial charge in [-0.15, -0.1) is 49.6 Å². The highest BCUT2D eigenvalue weighted by Gasteiger charge is 2.23. The molecule has 15 nitrogen and oxygen atoms in total. The molecule has 0 amide bonds. The van der Waals surface area contributed by atoms with Crippen LogP contribution in [0.3, 0.4) is 0 Å². The number of halogens is 4. The number of ether oxygens (including phenoxy) is 3. The maximum absolute atomic E-state index is 6.62. The summed E-state index contributed by atoms with van der Waals surface area (Å²) in [6.45, 7) is 7.60. The lowest BCUT2D eigenvalue weighted by atomic mass is 9.90. The zero-order valence-corrected chi connectivity index (χ0v) is 37.3. The summed E-state index contributed by atoms with van der Waals surface area (Å²) in [5.74, 6) is 1.81. The van der Waals surface area contributed by atoms with Crippen molar-refractivity contribution < 1.29 is 14.2 Å². The van der Waals surface area contributed by atoms with Gasteiger partial charge in [0.15, 0.2) is 23.8 Å². The fraction of sp³-hybridized carbons (Fsp3) is 0.317. The standard InChI is InChI=1S/C41H54N12O3.4ClH/c1-4-7-54-35-25-11-23-10-24(14-31(13-23)50-38(42)43)12-26-18-33(52-40(46)47)20-28(36(26)55-8-5-2)16-30-22-34(53-41(48)49)21-29(37(30)56-9-6-3)15-27(35)19-32(17-25)51-39(44)45;;;;/h10,13-14,17-22H,4-9,11-12,15-16H2,1-3H3,(H4,42,43,50)(H4,44,45,51)(H4,46,47,52)(H4,48,49,53);4*1H. The van der Waals surface area contributed by atoms with Crippen molar-refractivity contribution in [3.8, 4) is 17.2 Å². The van der Waals surface area contributed by atoms with Gasteiger partial charge in [0.25, 0.3) is 0 Å². The molecule has 0 fully saturated rings. The molecule has 0 spiro atoms. The third kappa shape index (κ3) is 14.4. The summed E-state index contributed by atoms with van der Waals surface area (Å²) in [7, 11) is 0. The lowest BCUT2D eigenvalue weighted by Gasteiger charge is -2.22. The average molecular weight is 909 g/mol. The first-order valence-electron chi connectivity index (χ1n) is 18.7. The van der Waals surface area contributed by atoms with E-state index in [4.69, 9.17) is 60.1 Å². The lowest BCUT2D eigenvalue weighted by molar-refractivity contribution is 0.307. The number of guanidine groups is 4. The van der Waals surface area contributed by atoms with E-state index < -0.39 is 0 Å². The van der Waals surface area contributed by atoms with Gasteiger partial charge in [0, 0.05) is 59.1 Å². The van der Waals surface area contributed by atoms with Crippen molar-refractivity contribution in [3.63, 3.8) is 0 Å². The summed E-state index contributed by atoms with van der Waals surface area (Å²) in [6.07, 6.45) is 3.92. The minimum absolute atomic E-state index is 0. The van der Waals surface area contributed by atoms with Crippen molar-refractivity contribution in [3.05, 3.63) is 99.1 Å². The van der Waals surface area contributed by atoms with Crippen LogP contribution in [0.5, 0.6) is 17.2 Å². The summed E-state index contributed by atoms with van der Waals surface area (Å²) < 4.78 is 19.8. The Morgan fingerprint density at radius 3 is 0.850 bits per heavy atom. The number of hydrogen-bond acceptors (Lipinski definition) is 7. The number of fused-ring (bicyclic) bond motifs is 8. The number of hydrogen-bond donors (Lipinski definition) is 8. The normalized spacial score (nSPS) is 11.1. The second-order valence-electron chi connectivity index (χ2n) is 13.7. The van der Waals surface area contributed by atoms with Crippen LogP contribution < -0.4 is 60.1 Å². The predicted octanol–water partition coefficient (Wildman–Crippen LogP) is 6.04. The predicted molar refractivity (Wildman–Crippen MR) is 255 cm³/mol. The highest BCUT2D eigenvalue weighted by molar-refractivity contribution is 5.86. The molecule has 0 aromatic heterocycles. The van der Waals surface area contributed by atoms with E-state index in [9.17, 15) is 0 Å². The van der Waals surface area contributed by atoms with Crippen LogP contribution in [0.1, 0.15) is 84.5 Å². The number of aliphatic imine (C=N–C) groups is 4. The van der Waals surface area contributed by atoms with E-state index in [-0.39, 0.29) is 73.5 Å². The molecule has 1 aliphatic rings. The van der Waals surface area contributed by atoms with Crippen LogP contribution in [0.25, 0.3) is 0 Å². The first-order valence-corrected chi connectivity index (χ1v) is 18.7. The Hall–Kier alpha value is -5.48. The summed E-state index contributed by atoms with van der Waals surface area (Å²) in [5.41, 5.74) is 56.6. The van der Waals surface area contributed by atoms with Gasteiger partial charge in [0.1, 0.15) is 17.2 Å². The first kappa shape index (κ1) is 52.5. The van der Waals surface area contributed by atoms with Gasteiger partial charge in [0.05, 0.1) is 42.6 Å². The van der Waals surface area contributed by atoms with E-state index in [1.54, 1.807) is 0 Å². The summed E-state index contributed by atoms with van der Waals surface area (Å²) in [6, 6.07) is 17.6. The molecule has 328 valence electrons. The highest BCUT2D eigenvalue weighted by Crippen LogP contribution is 2.41. The Kier molecular flexibility index (Phi) is 21.5. The minimum atomic E-state index is -0.0828. The van der Waals surface area contributed by atoms with E-state index in [1.807, 2.05) is 48.5 Å². The third-order valence-electron chi connectivity index (χ3n) is 8.66. The van der Waals surface area contributed by atoms with Crippen LogP contribution in [0, 0.1) is 0 Å². The fourth-order valence-electron chi connectivity index (χ4n) is 6.82. The number of rotatable bonds is 13. The molecule has 16 N–H and O–H groups in total. The summed E-state index contributed by atoms with van der Waals surface area (Å²) in [4.78, 5) is 17.9. The maximum Gasteiger partial charge on any atom is 0.191 e. The molecular formula is C41H58Cl4N12O3. The van der Waals surface area contributed by atoms with Gasteiger partial charge in [0.2, 0.25) is 0 Å². The molecule has 19 heteroatoms. The SMILES string of the molecule is CCCOc1c2cc(N=C(N)N)cc1Cc1cc(N=C(N)N)cc(c1OCCC)Cc1cc(N=C(N)N)cc(c1OCCC)Cc1cc(cc(N=C(N)N)c1)C2.Cl.Cl.Cl.Cl. The van der Waals surface area contributed by atoms with Gasteiger partial charge in [-0.2, -0.15) is 0 Å². The molecule has 0 atom stereocenters. The molecule has 0 saturated heterocycles. The molecule has 60 heavy (non-hydrogen) atoms. The van der Waals surface area contributed by atoms with Crippen LogP contribution in [0.2, 0.25) is 0 Å². The smallest absolute Gasteiger partial charge is 0.191 e. The van der Waals surface area contributed by atoms with Gasteiger partial charge in [-0.05, 0) is 78.9 Å². The lowest BCUT2D eigenvalue weighted by Crippen LogP contribution is -2.22. The molecule has 0 aliphatic heterocycles. The van der Waals surface area contributed by atoms with Crippen LogP contribution in [0.15, 0.2) is 74.6 Å². The molecule has 1 aliphatic carbocycles. The Morgan fingerprint density at radius 2 is 0.617 bits per heavy atom.